The van der Waals surface area contributed by atoms with Crippen LogP contribution in [0.1, 0.15) is 61.8 Å². The molecule has 0 radical (unpaired) electrons. The third-order valence-corrected chi connectivity index (χ3v) is 16.6. The van der Waals surface area contributed by atoms with Gasteiger partial charge in [-0.2, -0.15) is 5.26 Å². The summed E-state index contributed by atoms with van der Waals surface area (Å²) in [4.78, 5) is 0. The molecule has 0 saturated heterocycles. The molecule has 4 nitrogen and oxygen atoms in total. The Balaban J connectivity index is 1.85. The summed E-state index contributed by atoms with van der Waals surface area (Å²) in [5, 5.41) is 18.7. The van der Waals surface area contributed by atoms with Crippen molar-refractivity contribution in [3.05, 3.63) is 54.6 Å². The molecule has 0 spiro atoms. The van der Waals surface area contributed by atoms with Gasteiger partial charge in [-0.25, -0.2) is 4.67 Å². The molecular formula is C32H43N2O2PSi. The van der Waals surface area contributed by atoms with Crippen molar-refractivity contribution in [3.8, 4) is 6.07 Å². The third-order valence-electron chi connectivity index (χ3n) is 8.17. The first-order valence-corrected chi connectivity index (χ1v) is 17.5. The van der Waals surface area contributed by atoms with Gasteiger partial charge in [-0.15, -0.1) is 0 Å². The van der Waals surface area contributed by atoms with Crippen LogP contribution in [0.15, 0.2) is 54.6 Å². The Morgan fingerprint density at radius 3 is 1.87 bits per heavy atom. The minimum absolute atomic E-state index is 0.284. The average molecular weight is 547 g/mol. The molecule has 0 fully saturated rings. The second-order valence-corrected chi connectivity index (χ2v) is 18.3. The molecule has 1 unspecified atom stereocenters. The van der Waals surface area contributed by atoms with Crippen molar-refractivity contribution in [2.45, 2.75) is 85.0 Å². The fourth-order valence-electron chi connectivity index (χ4n) is 6.32. The molecule has 1 atom stereocenters. The number of nitriles is 1. The minimum Gasteiger partial charge on any atom is -0.325 e. The largest absolute Gasteiger partial charge is 0.325 e. The van der Waals surface area contributed by atoms with Crippen LogP contribution in [0.5, 0.6) is 0 Å². The molecule has 6 heteroatoms. The molecule has 4 aromatic carbocycles. The lowest BCUT2D eigenvalue weighted by molar-refractivity contribution is 0.189. The Bertz CT molecular complexity index is 1380. The summed E-state index contributed by atoms with van der Waals surface area (Å²) in [5.74, 6) is 0. The molecule has 0 heterocycles. The van der Waals surface area contributed by atoms with Crippen molar-refractivity contribution < 1.29 is 9.05 Å². The molecule has 0 aliphatic rings. The lowest BCUT2D eigenvalue weighted by Crippen LogP contribution is -2.57. The number of hydrogen-bond acceptors (Lipinski definition) is 4. The molecule has 38 heavy (non-hydrogen) atoms. The van der Waals surface area contributed by atoms with Crippen LogP contribution in [-0.4, -0.2) is 37.7 Å². The summed E-state index contributed by atoms with van der Waals surface area (Å²) in [6.45, 7) is 18.7. The summed E-state index contributed by atoms with van der Waals surface area (Å²) in [5.41, 5.74) is 0.951. The fourth-order valence-corrected chi connectivity index (χ4v) is 13.5. The third kappa shape index (κ3) is 5.23. The highest BCUT2D eigenvalue weighted by molar-refractivity contribution is 7.44. The summed E-state index contributed by atoms with van der Waals surface area (Å²) >= 11 is 0. The van der Waals surface area contributed by atoms with E-state index in [1.54, 1.807) is 0 Å². The molecule has 0 aromatic heterocycles. The van der Waals surface area contributed by atoms with Crippen molar-refractivity contribution in [2.24, 2.45) is 0 Å². The average Bonchev–Trinajstić information content (AvgIpc) is 2.87. The highest BCUT2D eigenvalue weighted by Gasteiger charge is 2.45. The van der Waals surface area contributed by atoms with E-state index >= 15 is 0 Å². The maximum absolute atomic E-state index is 9.14. The van der Waals surface area contributed by atoms with Gasteiger partial charge < -0.3 is 9.05 Å². The van der Waals surface area contributed by atoms with Gasteiger partial charge in [0.25, 0.3) is 8.53 Å². The smallest absolute Gasteiger partial charge is 0.258 e. The van der Waals surface area contributed by atoms with E-state index in [4.69, 9.17) is 14.3 Å². The molecule has 4 rings (SSSR count). The zero-order valence-corrected chi connectivity index (χ0v) is 26.2. The Hall–Kier alpha value is -2.06. The highest BCUT2D eigenvalue weighted by atomic mass is 31.2. The Morgan fingerprint density at radius 2 is 1.32 bits per heavy atom. The Kier molecular flexibility index (Phi) is 9.13. The predicted molar refractivity (Wildman–Crippen MR) is 167 cm³/mol. The molecule has 202 valence electrons. The van der Waals surface area contributed by atoms with E-state index in [1.165, 1.54) is 37.5 Å². The number of benzene rings is 4. The van der Waals surface area contributed by atoms with E-state index in [0.717, 1.165) is 0 Å². The lowest BCUT2D eigenvalue weighted by Gasteiger charge is -2.43. The van der Waals surface area contributed by atoms with Gasteiger partial charge in [0.1, 0.15) is 8.07 Å². The van der Waals surface area contributed by atoms with E-state index < -0.39 is 16.6 Å². The predicted octanol–water partition coefficient (Wildman–Crippen LogP) is 8.89. The summed E-state index contributed by atoms with van der Waals surface area (Å²) in [6.07, 6.45) is 1.07. The molecule has 0 saturated carbocycles. The minimum atomic E-state index is -2.22. The molecule has 0 aliphatic carbocycles. The Morgan fingerprint density at radius 1 is 0.763 bits per heavy atom. The SMILES string of the molecule is CC(C)N(C(C)C)P(OCCC#N)OC[Si](c1ccc2ccc3cccc4ccc1c2c34)(C(C)C)C(C)C. The summed E-state index contributed by atoms with van der Waals surface area (Å²) in [6, 6.07) is 23.3. The first kappa shape index (κ1) is 28.9. The Labute approximate surface area is 231 Å². The zero-order valence-electron chi connectivity index (χ0n) is 24.3. The quantitative estimate of drug-likeness (QED) is 0.0770. The van der Waals surface area contributed by atoms with Gasteiger partial charge in [0.15, 0.2) is 0 Å². The van der Waals surface area contributed by atoms with Crippen molar-refractivity contribution in [2.75, 3.05) is 12.8 Å². The summed E-state index contributed by atoms with van der Waals surface area (Å²) in [7, 11) is -3.51. The van der Waals surface area contributed by atoms with E-state index in [9.17, 15) is 0 Å². The van der Waals surface area contributed by atoms with Crippen molar-refractivity contribution in [1.82, 2.24) is 4.67 Å². The van der Waals surface area contributed by atoms with Gasteiger partial charge in [-0.1, -0.05) is 82.3 Å². The van der Waals surface area contributed by atoms with Crippen LogP contribution >= 0.6 is 8.53 Å². The van der Waals surface area contributed by atoms with E-state index in [1.807, 2.05) is 0 Å². The van der Waals surface area contributed by atoms with Gasteiger partial charge in [0.05, 0.1) is 25.3 Å². The maximum Gasteiger partial charge on any atom is 0.258 e. The first-order chi connectivity index (χ1) is 18.1. The van der Waals surface area contributed by atoms with Crippen LogP contribution in [0, 0.1) is 11.3 Å². The highest BCUT2D eigenvalue weighted by Crippen LogP contribution is 2.48. The van der Waals surface area contributed by atoms with Crippen LogP contribution in [-0.2, 0) is 9.05 Å². The normalized spacial score (nSPS) is 13.8. The van der Waals surface area contributed by atoms with Gasteiger partial charge in [-0.05, 0) is 76.3 Å². The van der Waals surface area contributed by atoms with Gasteiger partial charge >= 0.3 is 0 Å². The maximum atomic E-state index is 9.14. The fraction of sp³-hybridized carbons (Fsp3) is 0.469. The van der Waals surface area contributed by atoms with Crippen molar-refractivity contribution in [3.63, 3.8) is 0 Å². The second kappa shape index (κ2) is 12.0. The summed E-state index contributed by atoms with van der Waals surface area (Å²) < 4.78 is 15.6. The molecule has 0 aliphatic heterocycles. The van der Waals surface area contributed by atoms with Crippen LogP contribution in [0.4, 0.5) is 0 Å². The van der Waals surface area contributed by atoms with E-state index in [0.29, 0.717) is 30.3 Å². The van der Waals surface area contributed by atoms with Crippen molar-refractivity contribution >= 4 is 54.1 Å². The second-order valence-electron chi connectivity index (χ2n) is 11.6. The number of hydrogen-bond donors (Lipinski definition) is 0. The standard InChI is InChI=1S/C32H43N2O2PSi/c1-22(2)34(23(3)4)37(35-20-10-19-33)36-21-38(24(5)6,25(7)8)30-18-16-28-14-13-26-11-9-12-27-15-17-29(30)32(28)31(26)27/h9,11-18,22-25H,10,20-21H2,1-8H3. The molecule has 4 aromatic rings. The topological polar surface area (TPSA) is 45.5 Å². The van der Waals surface area contributed by atoms with Crippen LogP contribution in [0.3, 0.4) is 0 Å². The van der Waals surface area contributed by atoms with Crippen LogP contribution in [0.25, 0.3) is 32.3 Å². The van der Waals surface area contributed by atoms with E-state index in [2.05, 4.69) is 121 Å². The molecule has 0 bridgehead atoms. The number of nitrogens with zero attached hydrogens (tertiary/aromatic N) is 2. The van der Waals surface area contributed by atoms with Gasteiger partial charge in [-0.3, -0.25) is 0 Å². The van der Waals surface area contributed by atoms with Gasteiger partial charge in [0.2, 0.25) is 0 Å². The monoisotopic (exact) mass is 546 g/mol. The first-order valence-electron chi connectivity index (χ1n) is 14.0. The van der Waals surface area contributed by atoms with Crippen molar-refractivity contribution in [1.29, 1.82) is 5.26 Å². The molecule has 0 N–H and O–H groups in total. The molecule has 0 amide bonds. The van der Waals surface area contributed by atoms with Crippen LogP contribution < -0.4 is 5.19 Å². The van der Waals surface area contributed by atoms with Gasteiger partial charge in [0, 0.05) is 12.1 Å². The molecular weight excluding hydrogens is 503 g/mol. The lowest BCUT2D eigenvalue weighted by atomic mass is 9.94. The number of rotatable bonds is 12. The zero-order chi connectivity index (χ0) is 27.6. The van der Waals surface area contributed by atoms with E-state index in [-0.39, 0.29) is 12.1 Å². The van der Waals surface area contributed by atoms with Crippen LogP contribution in [0.2, 0.25) is 11.1 Å².